The van der Waals surface area contributed by atoms with Crippen LogP contribution in [0.2, 0.25) is 5.15 Å². The number of halogens is 1. The van der Waals surface area contributed by atoms with Crippen molar-refractivity contribution in [1.82, 2.24) is 14.8 Å². The van der Waals surface area contributed by atoms with Crippen molar-refractivity contribution in [2.45, 2.75) is 25.5 Å². The van der Waals surface area contributed by atoms with E-state index in [0.29, 0.717) is 12.2 Å². The van der Waals surface area contributed by atoms with Crippen LogP contribution in [0.15, 0.2) is 30.6 Å². The van der Waals surface area contributed by atoms with Gasteiger partial charge in [0.05, 0.1) is 24.5 Å². The predicted molar refractivity (Wildman–Crippen MR) is 78.4 cm³/mol. The molecule has 0 bridgehead atoms. The fourth-order valence-corrected chi connectivity index (χ4v) is 2.42. The lowest BCUT2D eigenvalue weighted by molar-refractivity contribution is 0.0940. The highest BCUT2D eigenvalue weighted by Crippen LogP contribution is 2.15. The van der Waals surface area contributed by atoms with Gasteiger partial charge in [0.15, 0.2) is 0 Å². The number of amides is 1. The zero-order chi connectivity index (χ0) is 14.7. The molecular weight excluding hydrogens is 292 g/mol. The number of hydrogen-bond donors (Lipinski definition) is 1. The van der Waals surface area contributed by atoms with Gasteiger partial charge in [-0.15, -0.1) is 0 Å². The molecule has 1 N–H and O–H groups in total. The van der Waals surface area contributed by atoms with E-state index < -0.39 is 0 Å². The van der Waals surface area contributed by atoms with Gasteiger partial charge in [-0.3, -0.25) is 9.48 Å². The summed E-state index contributed by atoms with van der Waals surface area (Å²) >= 11 is 5.77. The van der Waals surface area contributed by atoms with Crippen molar-refractivity contribution in [3.63, 3.8) is 0 Å². The van der Waals surface area contributed by atoms with Crippen LogP contribution in [-0.4, -0.2) is 33.4 Å². The van der Waals surface area contributed by atoms with Gasteiger partial charge < -0.3 is 10.1 Å². The highest BCUT2D eigenvalue weighted by Gasteiger charge is 2.16. The maximum Gasteiger partial charge on any atom is 0.274 e. The number of carbonyl (C=O) groups excluding carboxylic acids is 1. The molecule has 3 rings (SSSR count). The summed E-state index contributed by atoms with van der Waals surface area (Å²) in [7, 11) is 0. The highest BCUT2D eigenvalue weighted by atomic mass is 35.5. The maximum absolute atomic E-state index is 12.0. The van der Waals surface area contributed by atoms with Crippen LogP contribution in [0, 0.1) is 0 Å². The average Bonchev–Trinajstić information content (AvgIpc) is 3.11. The molecule has 1 atom stereocenters. The van der Waals surface area contributed by atoms with E-state index in [2.05, 4.69) is 15.4 Å². The summed E-state index contributed by atoms with van der Waals surface area (Å²) < 4.78 is 7.33. The quantitative estimate of drug-likeness (QED) is 0.880. The minimum atomic E-state index is -0.311. The Morgan fingerprint density at radius 2 is 2.43 bits per heavy atom. The van der Waals surface area contributed by atoms with Crippen LogP contribution in [0.25, 0.3) is 0 Å². The van der Waals surface area contributed by atoms with Crippen LogP contribution in [0.1, 0.15) is 23.3 Å². The third-order valence-corrected chi connectivity index (χ3v) is 3.46. The van der Waals surface area contributed by atoms with Crippen LogP contribution >= 0.6 is 11.6 Å². The number of ether oxygens (including phenoxy) is 1. The molecule has 0 radical (unpaired) electrons. The smallest absolute Gasteiger partial charge is 0.274 e. The van der Waals surface area contributed by atoms with Crippen LogP contribution < -0.4 is 5.32 Å². The molecule has 7 heteroatoms. The van der Waals surface area contributed by atoms with E-state index in [4.69, 9.17) is 16.3 Å². The van der Waals surface area contributed by atoms with Crippen LogP contribution in [0.3, 0.4) is 0 Å². The lowest BCUT2D eigenvalue weighted by Crippen LogP contribution is -2.15. The highest BCUT2D eigenvalue weighted by molar-refractivity contribution is 6.29. The van der Waals surface area contributed by atoms with Gasteiger partial charge in [-0.1, -0.05) is 17.7 Å². The van der Waals surface area contributed by atoms with Crippen molar-refractivity contribution in [3.8, 4) is 0 Å². The molecule has 0 aromatic carbocycles. The molecule has 0 saturated carbocycles. The lowest BCUT2D eigenvalue weighted by Gasteiger charge is -2.08. The molecule has 2 aromatic rings. The number of nitrogens with one attached hydrogen (secondary N) is 1. The van der Waals surface area contributed by atoms with E-state index in [9.17, 15) is 4.79 Å². The molecule has 3 heterocycles. The number of pyridine rings is 1. The van der Waals surface area contributed by atoms with E-state index in [1.54, 1.807) is 35.3 Å². The molecule has 0 aliphatic carbocycles. The van der Waals surface area contributed by atoms with E-state index in [-0.39, 0.29) is 22.9 Å². The summed E-state index contributed by atoms with van der Waals surface area (Å²) in [4.78, 5) is 16.0. The molecule has 1 amide bonds. The second kappa shape index (κ2) is 6.24. The Kier molecular flexibility index (Phi) is 4.17. The SMILES string of the molecule is O=C(Nc1cnn(CC2CCCO2)c1)c1cccc(Cl)n1. The molecule has 110 valence electrons. The molecule has 21 heavy (non-hydrogen) atoms. The molecule has 1 aliphatic heterocycles. The number of hydrogen-bond acceptors (Lipinski definition) is 4. The number of anilines is 1. The van der Waals surface area contributed by atoms with Gasteiger partial charge >= 0.3 is 0 Å². The first-order valence-corrected chi connectivity index (χ1v) is 7.16. The Morgan fingerprint density at radius 3 is 3.19 bits per heavy atom. The summed E-state index contributed by atoms with van der Waals surface area (Å²) in [5.41, 5.74) is 0.897. The fraction of sp³-hybridized carbons (Fsp3) is 0.357. The summed E-state index contributed by atoms with van der Waals surface area (Å²) in [5.74, 6) is -0.311. The van der Waals surface area contributed by atoms with Crippen molar-refractivity contribution in [1.29, 1.82) is 0 Å². The van der Waals surface area contributed by atoms with Crippen LogP contribution in [0.4, 0.5) is 5.69 Å². The van der Waals surface area contributed by atoms with Crippen molar-refractivity contribution < 1.29 is 9.53 Å². The van der Waals surface area contributed by atoms with E-state index >= 15 is 0 Å². The van der Waals surface area contributed by atoms with E-state index in [1.165, 1.54) is 0 Å². The van der Waals surface area contributed by atoms with Crippen molar-refractivity contribution in [3.05, 3.63) is 41.4 Å². The molecule has 1 unspecified atom stereocenters. The monoisotopic (exact) mass is 306 g/mol. The Hall–Kier alpha value is -1.92. The average molecular weight is 307 g/mol. The number of rotatable bonds is 4. The van der Waals surface area contributed by atoms with Crippen molar-refractivity contribution in [2.75, 3.05) is 11.9 Å². The fourth-order valence-electron chi connectivity index (χ4n) is 2.25. The molecule has 1 fully saturated rings. The molecule has 1 saturated heterocycles. The van der Waals surface area contributed by atoms with Gasteiger partial charge in [0.2, 0.25) is 0 Å². The summed E-state index contributed by atoms with van der Waals surface area (Å²) in [6.07, 6.45) is 5.74. The van der Waals surface area contributed by atoms with Gasteiger partial charge in [0.25, 0.3) is 5.91 Å². The summed E-state index contributed by atoms with van der Waals surface area (Å²) in [6, 6.07) is 4.92. The summed E-state index contributed by atoms with van der Waals surface area (Å²) in [6.45, 7) is 1.52. The van der Waals surface area contributed by atoms with Crippen molar-refractivity contribution >= 4 is 23.2 Å². The van der Waals surface area contributed by atoms with Crippen LogP contribution in [0.5, 0.6) is 0 Å². The van der Waals surface area contributed by atoms with Crippen LogP contribution in [-0.2, 0) is 11.3 Å². The Labute approximate surface area is 127 Å². The normalized spacial score (nSPS) is 17.9. The topological polar surface area (TPSA) is 69.0 Å². The first kappa shape index (κ1) is 14.0. The first-order chi connectivity index (χ1) is 10.2. The zero-order valence-corrected chi connectivity index (χ0v) is 12.1. The standard InChI is InChI=1S/C14H15ClN4O2/c15-13-5-1-4-12(18-13)14(20)17-10-7-16-19(8-10)9-11-3-2-6-21-11/h1,4-5,7-8,11H,2-3,6,9H2,(H,17,20). The minimum Gasteiger partial charge on any atom is -0.376 e. The Balaban J connectivity index is 1.62. The lowest BCUT2D eigenvalue weighted by atomic mass is 10.2. The zero-order valence-electron chi connectivity index (χ0n) is 11.3. The molecule has 6 nitrogen and oxygen atoms in total. The Morgan fingerprint density at radius 1 is 1.52 bits per heavy atom. The predicted octanol–water partition coefficient (Wildman–Crippen LogP) is 2.36. The van der Waals surface area contributed by atoms with Crippen molar-refractivity contribution in [2.24, 2.45) is 0 Å². The molecule has 1 aliphatic rings. The van der Waals surface area contributed by atoms with Gasteiger partial charge in [-0.25, -0.2) is 4.98 Å². The van der Waals surface area contributed by atoms with Gasteiger partial charge in [-0.2, -0.15) is 5.10 Å². The molecular formula is C14H15ClN4O2. The minimum absolute atomic E-state index is 0.211. The first-order valence-electron chi connectivity index (χ1n) is 6.79. The van der Waals surface area contributed by atoms with Gasteiger partial charge in [-0.05, 0) is 25.0 Å². The van der Waals surface area contributed by atoms with E-state index in [0.717, 1.165) is 19.4 Å². The third kappa shape index (κ3) is 3.59. The Bertz CT molecular complexity index is 637. The molecule has 0 spiro atoms. The van der Waals surface area contributed by atoms with Gasteiger partial charge in [0.1, 0.15) is 10.8 Å². The van der Waals surface area contributed by atoms with Gasteiger partial charge in [0, 0.05) is 12.8 Å². The molecule has 2 aromatic heterocycles. The largest absolute Gasteiger partial charge is 0.376 e. The number of carbonyl (C=O) groups is 1. The van der Waals surface area contributed by atoms with E-state index in [1.807, 2.05) is 0 Å². The second-order valence-corrected chi connectivity index (χ2v) is 5.27. The maximum atomic E-state index is 12.0. The third-order valence-electron chi connectivity index (χ3n) is 3.25. The summed E-state index contributed by atoms with van der Waals surface area (Å²) in [5, 5.41) is 7.25. The number of nitrogens with zero attached hydrogens (tertiary/aromatic N) is 3. The second-order valence-electron chi connectivity index (χ2n) is 4.89. The number of aromatic nitrogens is 3.